The molecule has 154 valence electrons. The highest BCUT2D eigenvalue weighted by atomic mass is 16.1. The van der Waals surface area contributed by atoms with Gasteiger partial charge in [-0.15, -0.1) is 0 Å². The molecule has 3 aliphatic heterocycles. The summed E-state index contributed by atoms with van der Waals surface area (Å²) in [4.78, 5) is 29.1. The Hall–Kier alpha value is -1.53. The first-order valence-corrected chi connectivity index (χ1v) is 11.0. The Labute approximate surface area is 169 Å². The lowest BCUT2D eigenvalue weighted by Gasteiger charge is -2.42. The van der Waals surface area contributed by atoms with Crippen molar-refractivity contribution in [1.29, 1.82) is 0 Å². The van der Waals surface area contributed by atoms with Gasteiger partial charge in [0.1, 0.15) is 5.78 Å². The number of ketones is 1. The van der Waals surface area contributed by atoms with Crippen molar-refractivity contribution in [2.45, 2.75) is 71.6 Å². The zero-order chi connectivity index (χ0) is 19.8. The molecular formula is C22H35N5O. The molecular weight excluding hydrogens is 350 g/mol. The molecule has 0 aromatic carbocycles. The number of fused-ring (bicyclic) bond motifs is 2. The van der Waals surface area contributed by atoms with E-state index < -0.39 is 0 Å². The van der Waals surface area contributed by atoms with Gasteiger partial charge in [-0.2, -0.15) is 0 Å². The number of likely N-dealkylation sites (tertiary alicyclic amines) is 2. The maximum atomic E-state index is 12.2. The highest BCUT2D eigenvalue weighted by Gasteiger charge is 2.41. The Balaban J connectivity index is 1.36. The molecule has 1 aromatic heterocycles. The number of aromatic nitrogens is 2. The highest BCUT2D eigenvalue weighted by molar-refractivity contribution is 5.83. The molecule has 4 rings (SSSR count). The minimum absolute atomic E-state index is 0.138. The second kappa shape index (κ2) is 8.07. The Morgan fingerprint density at radius 3 is 2.25 bits per heavy atom. The monoisotopic (exact) mass is 385 g/mol. The van der Waals surface area contributed by atoms with E-state index in [9.17, 15) is 4.79 Å². The predicted molar refractivity (Wildman–Crippen MR) is 111 cm³/mol. The van der Waals surface area contributed by atoms with Gasteiger partial charge in [-0.1, -0.05) is 13.8 Å². The number of rotatable bonds is 6. The van der Waals surface area contributed by atoms with Crippen LogP contribution in [0.15, 0.2) is 12.4 Å². The van der Waals surface area contributed by atoms with Crippen molar-refractivity contribution in [2.24, 2.45) is 11.8 Å². The van der Waals surface area contributed by atoms with Gasteiger partial charge in [0.2, 0.25) is 5.95 Å². The Kier molecular flexibility index (Phi) is 5.70. The molecule has 3 saturated heterocycles. The zero-order valence-corrected chi connectivity index (χ0v) is 17.8. The van der Waals surface area contributed by atoms with Gasteiger partial charge in [-0.05, 0) is 39.7 Å². The maximum absolute atomic E-state index is 12.2. The van der Waals surface area contributed by atoms with Gasteiger partial charge in [0.25, 0.3) is 0 Å². The molecule has 28 heavy (non-hydrogen) atoms. The van der Waals surface area contributed by atoms with Crippen LogP contribution in [0.4, 0.5) is 5.95 Å². The molecule has 3 aliphatic rings. The van der Waals surface area contributed by atoms with Crippen LogP contribution in [-0.4, -0.2) is 69.9 Å². The molecule has 0 aliphatic carbocycles. The van der Waals surface area contributed by atoms with Crippen LogP contribution in [0.3, 0.4) is 0 Å². The van der Waals surface area contributed by atoms with E-state index in [0.717, 1.165) is 50.7 Å². The third-order valence-electron chi connectivity index (χ3n) is 6.81. The van der Waals surface area contributed by atoms with Gasteiger partial charge in [0, 0.05) is 74.1 Å². The van der Waals surface area contributed by atoms with Crippen molar-refractivity contribution < 1.29 is 4.79 Å². The quantitative estimate of drug-likeness (QED) is 0.750. The van der Waals surface area contributed by atoms with Gasteiger partial charge in [-0.25, -0.2) is 9.97 Å². The Morgan fingerprint density at radius 2 is 1.68 bits per heavy atom. The molecule has 6 nitrogen and oxygen atoms in total. The first-order valence-electron chi connectivity index (χ1n) is 11.0. The summed E-state index contributed by atoms with van der Waals surface area (Å²) >= 11 is 0. The lowest BCUT2D eigenvalue weighted by Crippen LogP contribution is -2.56. The number of nitrogens with zero attached hydrogens (tertiary/aromatic N) is 5. The largest absolute Gasteiger partial charge is 0.332 e. The average Bonchev–Trinajstić information content (AvgIpc) is 3.23. The molecule has 0 N–H and O–H groups in total. The molecule has 6 heteroatoms. The van der Waals surface area contributed by atoms with E-state index in [1.54, 1.807) is 0 Å². The summed E-state index contributed by atoms with van der Waals surface area (Å²) in [6.45, 7) is 13.5. The van der Waals surface area contributed by atoms with E-state index in [2.05, 4.69) is 28.5 Å². The number of anilines is 1. The molecule has 0 radical (unpaired) electrons. The van der Waals surface area contributed by atoms with Crippen molar-refractivity contribution in [2.75, 3.05) is 31.1 Å². The maximum Gasteiger partial charge on any atom is 0.225 e. The van der Waals surface area contributed by atoms with E-state index in [1.165, 1.54) is 12.8 Å². The van der Waals surface area contributed by atoms with Crippen LogP contribution in [-0.2, 0) is 11.3 Å². The van der Waals surface area contributed by atoms with Crippen LogP contribution in [0.2, 0.25) is 0 Å². The van der Waals surface area contributed by atoms with Gasteiger partial charge >= 0.3 is 0 Å². The van der Waals surface area contributed by atoms with Crippen molar-refractivity contribution in [1.82, 2.24) is 19.8 Å². The summed E-state index contributed by atoms with van der Waals surface area (Å²) in [5.41, 5.74) is 1.15. The molecule has 0 spiro atoms. The van der Waals surface area contributed by atoms with Crippen LogP contribution in [0, 0.1) is 11.8 Å². The molecule has 0 saturated carbocycles. The Morgan fingerprint density at radius 1 is 1.04 bits per heavy atom. The fraction of sp³-hybridized carbons (Fsp3) is 0.773. The van der Waals surface area contributed by atoms with Crippen molar-refractivity contribution in [3.8, 4) is 0 Å². The minimum atomic E-state index is 0.138. The molecule has 1 aromatic rings. The van der Waals surface area contributed by atoms with E-state index >= 15 is 0 Å². The summed E-state index contributed by atoms with van der Waals surface area (Å²) in [5, 5.41) is 0. The van der Waals surface area contributed by atoms with Crippen molar-refractivity contribution >= 4 is 11.7 Å². The van der Waals surface area contributed by atoms with E-state index in [-0.39, 0.29) is 11.8 Å². The normalized spacial score (nSPS) is 28.6. The molecule has 2 bridgehead atoms. The molecule has 0 amide bonds. The van der Waals surface area contributed by atoms with E-state index in [4.69, 9.17) is 9.97 Å². The third-order valence-corrected chi connectivity index (χ3v) is 6.81. The first kappa shape index (κ1) is 19.8. The fourth-order valence-electron chi connectivity index (χ4n) is 5.18. The van der Waals surface area contributed by atoms with Gasteiger partial charge in [0.15, 0.2) is 0 Å². The molecule has 4 heterocycles. The number of hydrogen-bond donors (Lipinski definition) is 0. The van der Waals surface area contributed by atoms with Crippen LogP contribution >= 0.6 is 0 Å². The van der Waals surface area contributed by atoms with Crippen molar-refractivity contribution in [3.05, 3.63) is 18.0 Å². The second-order valence-corrected chi connectivity index (χ2v) is 9.51. The number of hydrogen-bond acceptors (Lipinski definition) is 6. The van der Waals surface area contributed by atoms with E-state index in [0.29, 0.717) is 23.9 Å². The number of Topliss-reactive ketones (excluding diaryl/α,β-unsaturated/α-hetero) is 1. The summed E-state index contributed by atoms with van der Waals surface area (Å²) < 4.78 is 0. The average molecular weight is 386 g/mol. The standard InChI is InChI=1S/C22H35N5O/c1-15(2)21(28)18-7-8-25(12-18)11-17-9-23-22(24-10-17)27-19-5-6-20(27)14-26(13-19)16(3)4/h9-10,15-16,18-20H,5-8,11-14H2,1-4H3/t18-,19?,20?/m0/s1. The molecule has 3 atom stereocenters. The van der Waals surface area contributed by atoms with Crippen LogP contribution in [0.25, 0.3) is 0 Å². The minimum Gasteiger partial charge on any atom is -0.332 e. The predicted octanol–water partition coefficient (Wildman–Crippen LogP) is 2.58. The van der Waals surface area contributed by atoms with Crippen LogP contribution in [0.5, 0.6) is 0 Å². The summed E-state index contributed by atoms with van der Waals surface area (Å²) in [5.74, 6) is 1.64. The van der Waals surface area contributed by atoms with Crippen molar-refractivity contribution in [3.63, 3.8) is 0 Å². The molecule has 2 unspecified atom stereocenters. The number of carbonyl (C=O) groups is 1. The first-order chi connectivity index (χ1) is 13.4. The fourth-order valence-corrected chi connectivity index (χ4v) is 5.18. The lowest BCUT2D eigenvalue weighted by atomic mass is 9.95. The SMILES string of the molecule is CC(C)C(=O)[C@H]1CCN(Cc2cnc(N3C4CCC3CN(C(C)C)C4)nc2)C1. The highest BCUT2D eigenvalue weighted by Crippen LogP contribution is 2.33. The topological polar surface area (TPSA) is 52.6 Å². The number of carbonyl (C=O) groups excluding carboxylic acids is 1. The smallest absolute Gasteiger partial charge is 0.225 e. The third kappa shape index (κ3) is 3.94. The zero-order valence-electron chi connectivity index (χ0n) is 17.8. The second-order valence-electron chi connectivity index (χ2n) is 9.51. The van der Waals surface area contributed by atoms with Crippen LogP contribution in [0.1, 0.15) is 52.5 Å². The number of piperazine rings is 1. The van der Waals surface area contributed by atoms with Gasteiger partial charge in [-0.3, -0.25) is 14.6 Å². The van der Waals surface area contributed by atoms with E-state index in [1.807, 2.05) is 26.2 Å². The summed E-state index contributed by atoms with van der Waals surface area (Å²) in [7, 11) is 0. The Bertz CT molecular complexity index is 675. The van der Waals surface area contributed by atoms with Gasteiger partial charge in [0.05, 0.1) is 0 Å². The summed E-state index contributed by atoms with van der Waals surface area (Å²) in [6, 6.07) is 1.71. The van der Waals surface area contributed by atoms with Crippen LogP contribution < -0.4 is 4.90 Å². The van der Waals surface area contributed by atoms with Gasteiger partial charge < -0.3 is 4.90 Å². The lowest BCUT2D eigenvalue weighted by molar-refractivity contribution is -0.125. The molecule has 3 fully saturated rings. The summed E-state index contributed by atoms with van der Waals surface area (Å²) in [6.07, 6.45) is 7.47.